The molecule has 1 aromatic carbocycles. The molecule has 1 fully saturated rings. The Kier molecular flexibility index (Phi) is 5.12. The highest BCUT2D eigenvalue weighted by Gasteiger charge is 2.20. The van der Waals surface area contributed by atoms with Crippen molar-refractivity contribution < 1.29 is 12.8 Å². The molecule has 0 heterocycles. The summed E-state index contributed by atoms with van der Waals surface area (Å²) in [6.45, 7) is 0.777. The smallest absolute Gasteiger partial charge is 0.240 e. The van der Waals surface area contributed by atoms with Crippen LogP contribution in [0.25, 0.3) is 0 Å². The summed E-state index contributed by atoms with van der Waals surface area (Å²) >= 11 is 0. The van der Waals surface area contributed by atoms with E-state index in [-0.39, 0.29) is 4.90 Å². The molecular formula is C14H21FN2O2S. The van der Waals surface area contributed by atoms with E-state index in [0.717, 1.165) is 12.8 Å². The summed E-state index contributed by atoms with van der Waals surface area (Å²) in [5, 5.41) is 2.83. The maximum absolute atomic E-state index is 13.5. The van der Waals surface area contributed by atoms with Gasteiger partial charge in [0.15, 0.2) is 0 Å². The maximum atomic E-state index is 13.5. The highest BCUT2D eigenvalue weighted by molar-refractivity contribution is 7.89. The second-order valence-electron chi connectivity index (χ2n) is 5.29. The molecule has 0 aliphatic heterocycles. The number of halogens is 1. The third kappa shape index (κ3) is 3.77. The largest absolute Gasteiger partial charge is 0.316 e. The van der Waals surface area contributed by atoms with Gasteiger partial charge in [-0.1, -0.05) is 12.8 Å². The Balaban J connectivity index is 2.09. The van der Waals surface area contributed by atoms with Crippen molar-refractivity contribution in [2.75, 3.05) is 13.6 Å². The summed E-state index contributed by atoms with van der Waals surface area (Å²) in [5.74, 6) is 0.0381. The molecule has 1 saturated carbocycles. The Labute approximate surface area is 119 Å². The van der Waals surface area contributed by atoms with Gasteiger partial charge in [0.1, 0.15) is 5.82 Å². The van der Waals surface area contributed by atoms with Gasteiger partial charge in [-0.15, -0.1) is 0 Å². The molecule has 1 aliphatic carbocycles. The van der Waals surface area contributed by atoms with E-state index in [1.165, 1.54) is 31.0 Å². The molecule has 0 radical (unpaired) electrons. The van der Waals surface area contributed by atoms with Crippen molar-refractivity contribution in [2.24, 2.45) is 5.92 Å². The van der Waals surface area contributed by atoms with Crippen LogP contribution in [0.3, 0.4) is 0 Å². The SMILES string of the molecule is CNCc1cc(S(=O)(=O)NCC2CCCC2)ccc1F. The fourth-order valence-corrected chi connectivity index (χ4v) is 3.74. The molecule has 2 N–H and O–H groups in total. The molecular weight excluding hydrogens is 279 g/mol. The van der Waals surface area contributed by atoms with Crippen LogP contribution in [-0.2, 0) is 16.6 Å². The Morgan fingerprint density at radius 3 is 2.65 bits per heavy atom. The topological polar surface area (TPSA) is 58.2 Å². The second-order valence-corrected chi connectivity index (χ2v) is 7.05. The van der Waals surface area contributed by atoms with Gasteiger partial charge in [0.25, 0.3) is 0 Å². The lowest BCUT2D eigenvalue weighted by Crippen LogP contribution is -2.28. The summed E-state index contributed by atoms with van der Waals surface area (Å²) in [7, 11) is -1.86. The van der Waals surface area contributed by atoms with E-state index >= 15 is 0 Å². The van der Waals surface area contributed by atoms with Gasteiger partial charge in [-0.25, -0.2) is 17.5 Å². The zero-order valence-corrected chi connectivity index (χ0v) is 12.5. The number of benzene rings is 1. The Bertz CT molecular complexity index is 554. The number of hydrogen-bond acceptors (Lipinski definition) is 3. The van der Waals surface area contributed by atoms with Crippen LogP contribution in [0.2, 0.25) is 0 Å². The van der Waals surface area contributed by atoms with Crippen LogP contribution in [0.15, 0.2) is 23.1 Å². The van der Waals surface area contributed by atoms with Crippen LogP contribution in [-0.4, -0.2) is 22.0 Å². The molecule has 1 aliphatic rings. The summed E-state index contributed by atoms with van der Waals surface area (Å²) < 4.78 is 40.6. The molecule has 1 aromatic rings. The average molecular weight is 300 g/mol. The average Bonchev–Trinajstić information content (AvgIpc) is 2.92. The lowest BCUT2D eigenvalue weighted by atomic mass is 10.1. The lowest BCUT2D eigenvalue weighted by Gasteiger charge is -2.12. The van der Waals surface area contributed by atoms with E-state index in [4.69, 9.17) is 0 Å². The standard InChI is InChI=1S/C14H21FN2O2S/c1-16-10-12-8-13(6-7-14(12)15)20(18,19)17-9-11-4-2-3-5-11/h6-8,11,16-17H,2-5,9-10H2,1H3. The van der Waals surface area contributed by atoms with Gasteiger partial charge < -0.3 is 5.32 Å². The van der Waals surface area contributed by atoms with E-state index in [9.17, 15) is 12.8 Å². The first kappa shape index (κ1) is 15.4. The first-order chi connectivity index (χ1) is 9.53. The summed E-state index contributed by atoms with van der Waals surface area (Å²) in [6.07, 6.45) is 4.51. The number of nitrogens with one attached hydrogen (secondary N) is 2. The Hall–Kier alpha value is -0.980. The van der Waals surface area contributed by atoms with Crippen LogP contribution in [0.4, 0.5) is 4.39 Å². The highest BCUT2D eigenvalue weighted by atomic mass is 32.2. The summed E-state index contributed by atoms with van der Waals surface area (Å²) in [5.41, 5.74) is 0.358. The number of rotatable bonds is 6. The van der Waals surface area contributed by atoms with Crippen LogP contribution in [0.5, 0.6) is 0 Å². The molecule has 0 atom stereocenters. The van der Waals surface area contributed by atoms with Crippen LogP contribution < -0.4 is 10.0 Å². The van der Waals surface area contributed by atoms with Crippen molar-refractivity contribution in [1.29, 1.82) is 0 Å². The van der Waals surface area contributed by atoms with E-state index in [1.807, 2.05) is 0 Å². The number of sulfonamides is 1. The second kappa shape index (κ2) is 6.65. The van der Waals surface area contributed by atoms with E-state index in [0.29, 0.717) is 24.6 Å². The van der Waals surface area contributed by atoms with Crippen molar-refractivity contribution in [3.8, 4) is 0 Å². The Morgan fingerprint density at radius 2 is 2.00 bits per heavy atom. The predicted octanol–water partition coefficient (Wildman–Crippen LogP) is 2.01. The lowest BCUT2D eigenvalue weighted by molar-refractivity contribution is 0.519. The molecule has 4 nitrogen and oxygen atoms in total. The van der Waals surface area contributed by atoms with E-state index in [2.05, 4.69) is 10.0 Å². The predicted molar refractivity (Wildman–Crippen MR) is 76.3 cm³/mol. The summed E-state index contributed by atoms with van der Waals surface area (Å²) in [4.78, 5) is 0.127. The monoisotopic (exact) mass is 300 g/mol. The first-order valence-electron chi connectivity index (χ1n) is 6.95. The van der Waals surface area contributed by atoms with Gasteiger partial charge >= 0.3 is 0 Å². The molecule has 112 valence electrons. The zero-order valence-electron chi connectivity index (χ0n) is 11.7. The van der Waals surface area contributed by atoms with Gasteiger partial charge in [0, 0.05) is 18.7 Å². The summed E-state index contributed by atoms with van der Waals surface area (Å²) in [6, 6.07) is 3.91. The minimum Gasteiger partial charge on any atom is -0.316 e. The zero-order chi connectivity index (χ0) is 14.6. The van der Waals surface area contributed by atoms with Crippen LogP contribution in [0.1, 0.15) is 31.2 Å². The molecule has 0 amide bonds. The van der Waals surface area contributed by atoms with E-state index < -0.39 is 15.8 Å². The van der Waals surface area contributed by atoms with E-state index in [1.54, 1.807) is 7.05 Å². The van der Waals surface area contributed by atoms with Gasteiger partial charge in [0.2, 0.25) is 10.0 Å². The van der Waals surface area contributed by atoms with Gasteiger partial charge in [0.05, 0.1) is 4.90 Å². The van der Waals surface area contributed by atoms with Gasteiger partial charge in [-0.05, 0) is 44.0 Å². The maximum Gasteiger partial charge on any atom is 0.240 e. The fraction of sp³-hybridized carbons (Fsp3) is 0.571. The van der Waals surface area contributed by atoms with Crippen molar-refractivity contribution in [1.82, 2.24) is 10.0 Å². The third-order valence-electron chi connectivity index (χ3n) is 3.73. The van der Waals surface area contributed by atoms with Crippen molar-refractivity contribution in [3.05, 3.63) is 29.6 Å². The molecule has 0 bridgehead atoms. The quantitative estimate of drug-likeness (QED) is 0.845. The first-order valence-corrected chi connectivity index (χ1v) is 8.44. The minimum atomic E-state index is -3.55. The minimum absolute atomic E-state index is 0.127. The van der Waals surface area contributed by atoms with Crippen molar-refractivity contribution in [2.45, 2.75) is 37.1 Å². The van der Waals surface area contributed by atoms with Gasteiger partial charge in [-0.3, -0.25) is 0 Å². The molecule has 2 rings (SSSR count). The molecule has 20 heavy (non-hydrogen) atoms. The Morgan fingerprint density at radius 1 is 1.30 bits per heavy atom. The van der Waals surface area contributed by atoms with Gasteiger partial charge in [-0.2, -0.15) is 0 Å². The molecule has 0 unspecified atom stereocenters. The van der Waals surface area contributed by atoms with Crippen molar-refractivity contribution in [3.63, 3.8) is 0 Å². The molecule has 0 spiro atoms. The van der Waals surface area contributed by atoms with Crippen LogP contribution in [0, 0.1) is 11.7 Å². The molecule has 0 aromatic heterocycles. The van der Waals surface area contributed by atoms with Crippen molar-refractivity contribution >= 4 is 10.0 Å². The third-order valence-corrected chi connectivity index (χ3v) is 5.15. The number of hydrogen-bond donors (Lipinski definition) is 2. The molecule has 0 saturated heterocycles. The molecule has 6 heteroatoms. The highest BCUT2D eigenvalue weighted by Crippen LogP contribution is 2.24. The van der Waals surface area contributed by atoms with Crippen LogP contribution >= 0.6 is 0 Å². The normalized spacial score (nSPS) is 16.7. The fourth-order valence-electron chi connectivity index (χ4n) is 2.57.